The van der Waals surface area contributed by atoms with Gasteiger partial charge in [-0.15, -0.1) is 0 Å². The third-order valence-corrected chi connectivity index (χ3v) is 7.02. The molecular weight excluding hydrogens is 295 g/mol. The summed E-state index contributed by atoms with van der Waals surface area (Å²) in [6, 6.07) is 13.6. The second-order valence-corrected chi connectivity index (χ2v) is 8.57. The molecule has 2 aromatic carbocycles. The van der Waals surface area contributed by atoms with Gasteiger partial charge < -0.3 is 0 Å². The molecule has 0 saturated carbocycles. The van der Waals surface area contributed by atoms with Gasteiger partial charge in [-0.25, -0.2) is 0 Å². The van der Waals surface area contributed by atoms with Crippen LogP contribution in [0.15, 0.2) is 42.5 Å². The van der Waals surface area contributed by atoms with Crippen LogP contribution in [-0.2, 0) is 9.05 Å². The van der Waals surface area contributed by atoms with Crippen LogP contribution in [0, 0.1) is 20.8 Å². The van der Waals surface area contributed by atoms with Gasteiger partial charge in [0, 0.05) is 0 Å². The monoisotopic (exact) mass is 318 g/mol. The van der Waals surface area contributed by atoms with E-state index in [0.717, 1.165) is 22.0 Å². The van der Waals surface area contributed by atoms with Crippen LogP contribution < -0.4 is 5.30 Å². The summed E-state index contributed by atoms with van der Waals surface area (Å²) in [7, 11) is -0.0727. The molecule has 0 atom stereocenters. The summed E-state index contributed by atoms with van der Waals surface area (Å²) in [5.74, 6) is 0. The molecule has 118 valence electrons. The minimum absolute atomic E-state index is 0.0429. The molecule has 0 heterocycles. The Balaban J connectivity index is 2.62. The van der Waals surface area contributed by atoms with Crippen LogP contribution in [0.1, 0.15) is 27.0 Å². The zero-order chi connectivity index (χ0) is 16.3. The van der Waals surface area contributed by atoms with Gasteiger partial charge in [0.05, 0.1) is 0 Å². The normalized spacial score (nSPS) is 12.2. The summed E-state index contributed by atoms with van der Waals surface area (Å²) in [4.78, 5) is 13.3. The average Bonchev–Trinajstić information content (AvgIpc) is 2.49. The van der Waals surface area contributed by atoms with Gasteiger partial charge in [0.15, 0.2) is 0 Å². The molecule has 22 heavy (non-hydrogen) atoms. The zero-order valence-corrected chi connectivity index (χ0v) is 14.8. The van der Waals surface area contributed by atoms with Crippen molar-refractivity contribution in [3.05, 3.63) is 64.7 Å². The van der Waals surface area contributed by atoms with E-state index in [1.807, 2.05) is 63.2 Å². The SMILES string of the molecule is CO[PH](OC)(C(=O)c1c(C)cc(C)cc1C)c1ccccc1. The minimum atomic E-state index is -3.18. The van der Waals surface area contributed by atoms with Crippen LogP contribution >= 0.6 is 7.72 Å². The molecule has 0 aromatic heterocycles. The van der Waals surface area contributed by atoms with E-state index in [4.69, 9.17) is 9.05 Å². The van der Waals surface area contributed by atoms with Crippen LogP contribution in [0.4, 0.5) is 0 Å². The molecule has 3 nitrogen and oxygen atoms in total. The van der Waals surface area contributed by atoms with E-state index >= 15 is 0 Å². The van der Waals surface area contributed by atoms with Crippen molar-refractivity contribution in [3.8, 4) is 0 Å². The molecule has 0 amide bonds. The van der Waals surface area contributed by atoms with E-state index in [-0.39, 0.29) is 5.52 Å². The van der Waals surface area contributed by atoms with Crippen LogP contribution in [0.5, 0.6) is 0 Å². The molecule has 0 spiro atoms. The average molecular weight is 318 g/mol. The number of carbonyl (C=O) groups excluding carboxylic acids is 1. The first-order valence-corrected chi connectivity index (χ1v) is 9.06. The summed E-state index contributed by atoms with van der Waals surface area (Å²) in [6.07, 6.45) is 0. The van der Waals surface area contributed by atoms with Crippen molar-refractivity contribution in [2.24, 2.45) is 0 Å². The van der Waals surface area contributed by atoms with Crippen LogP contribution in [0.25, 0.3) is 0 Å². The van der Waals surface area contributed by atoms with Crippen molar-refractivity contribution >= 4 is 18.5 Å². The first kappa shape index (κ1) is 16.8. The molecule has 4 heteroatoms. The predicted octanol–water partition coefficient (Wildman–Crippen LogP) is 3.95. The number of hydrogen-bond donors (Lipinski definition) is 0. The molecule has 0 saturated heterocycles. The topological polar surface area (TPSA) is 35.5 Å². The molecule has 0 aliphatic carbocycles. The third kappa shape index (κ3) is 2.85. The van der Waals surface area contributed by atoms with Gasteiger partial charge in [0.1, 0.15) is 0 Å². The molecule has 2 aromatic rings. The third-order valence-electron chi connectivity index (χ3n) is 3.93. The fourth-order valence-electron chi connectivity index (χ4n) is 3.00. The Labute approximate surface area is 132 Å². The first-order valence-electron chi connectivity index (χ1n) is 7.24. The van der Waals surface area contributed by atoms with Gasteiger partial charge in [-0.1, -0.05) is 0 Å². The summed E-state index contributed by atoms with van der Waals surface area (Å²) in [6.45, 7) is 5.95. The molecule has 0 bridgehead atoms. The molecule has 0 aliphatic heterocycles. The summed E-state index contributed by atoms with van der Waals surface area (Å²) >= 11 is 0. The Hall–Kier alpha value is -1.54. The molecule has 2 rings (SSSR count). The molecule has 0 N–H and O–H groups in total. The van der Waals surface area contributed by atoms with E-state index in [0.29, 0.717) is 5.56 Å². The number of rotatable bonds is 5. The van der Waals surface area contributed by atoms with Crippen molar-refractivity contribution in [1.82, 2.24) is 0 Å². The summed E-state index contributed by atoms with van der Waals surface area (Å²) in [5, 5.41) is 0.823. The quantitative estimate of drug-likeness (QED) is 0.783. The maximum atomic E-state index is 13.3. The second-order valence-electron chi connectivity index (χ2n) is 5.49. The summed E-state index contributed by atoms with van der Waals surface area (Å²) < 4.78 is 11.4. The fraction of sp³-hybridized carbons (Fsp3) is 0.278. The Morgan fingerprint density at radius 1 is 0.909 bits per heavy atom. The van der Waals surface area contributed by atoms with Crippen molar-refractivity contribution in [2.45, 2.75) is 20.8 Å². The Kier molecular flexibility index (Phi) is 5.12. The Morgan fingerprint density at radius 2 is 1.41 bits per heavy atom. The van der Waals surface area contributed by atoms with Gasteiger partial charge >= 0.3 is 132 Å². The molecule has 0 fully saturated rings. The molecular formula is C18H23O3P. The Morgan fingerprint density at radius 3 is 1.86 bits per heavy atom. The van der Waals surface area contributed by atoms with Gasteiger partial charge in [-0.05, 0) is 0 Å². The molecule has 0 aliphatic rings. The van der Waals surface area contributed by atoms with Crippen LogP contribution in [0.3, 0.4) is 0 Å². The molecule has 0 unspecified atom stereocenters. The van der Waals surface area contributed by atoms with Gasteiger partial charge in [0.2, 0.25) is 0 Å². The van der Waals surface area contributed by atoms with Gasteiger partial charge in [-0.2, -0.15) is 0 Å². The number of aryl methyl sites for hydroxylation is 3. The Bertz CT molecular complexity index is 653. The van der Waals surface area contributed by atoms with E-state index in [1.165, 1.54) is 0 Å². The van der Waals surface area contributed by atoms with Gasteiger partial charge in [0.25, 0.3) is 0 Å². The van der Waals surface area contributed by atoms with E-state index in [2.05, 4.69) is 0 Å². The van der Waals surface area contributed by atoms with E-state index < -0.39 is 7.72 Å². The van der Waals surface area contributed by atoms with Crippen molar-refractivity contribution in [3.63, 3.8) is 0 Å². The van der Waals surface area contributed by atoms with Crippen LogP contribution in [-0.4, -0.2) is 19.7 Å². The first-order chi connectivity index (χ1) is 10.5. The standard InChI is InChI=1S/C18H23O3P/c1-13-11-14(2)17(15(3)12-13)18(19)22(20-4,21-5)16-9-7-6-8-10-16/h6-12,22H,1-5H3. The van der Waals surface area contributed by atoms with Crippen molar-refractivity contribution < 1.29 is 13.8 Å². The zero-order valence-electron chi connectivity index (χ0n) is 13.8. The van der Waals surface area contributed by atoms with Crippen molar-refractivity contribution in [2.75, 3.05) is 14.2 Å². The predicted molar refractivity (Wildman–Crippen MR) is 93.4 cm³/mol. The van der Waals surface area contributed by atoms with E-state index in [9.17, 15) is 4.79 Å². The second kappa shape index (κ2) is 6.70. The number of hydrogen-bond acceptors (Lipinski definition) is 3. The van der Waals surface area contributed by atoms with Gasteiger partial charge in [-0.3, -0.25) is 0 Å². The summed E-state index contributed by atoms with van der Waals surface area (Å²) in [5.41, 5.74) is 3.74. The molecule has 0 radical (unpaired) electrons. The van der Waals surface area contributed by atoms with E-state index in [1.54, 1.807) is 14.2 Å². The van der Waals surface area contributed by atoms with Crippen molar-refractivity contribution in [1.29, 1.82) is 0 Å². The maximum absolute atomic E-state index is 13.3. The van der Waals surface area contributed by atoms with Crippen LogP contribution in [0.2, 0.25) is 0 Å². The number of benzene rings is 2. The number of carbonyl (C=O) groups is 1. The fourth-order valence-corrected chi connectivity index (χ4v) is 5.62.